The summed E-state index contributed by atoms with van der Waals surface area (Å²) >= 11 is 0. The molecule has 0 bridgehead atoms. The fourth-order valence-corrected chi connectivity index (χ4v) is 1.63. The molecular weight excluding hydrogens is 192 g/mol. The summed E-state index contributed by atoms with van der Waals surface area (Å²) in [6, 6.07) is 7.20. The van der Waals surface area contributed by atoms with Gasteiger partial charge in [-0.15, -0.1) is 0 Å². The minimum Gasteiger partial charge on any atom is -0.496 e. The Kier molecular flexibility index (Phi) is 4.55. The van der Waals surface area contributed by atoms with Gasteiger partial charge in [0.25, 0.3) is 0 Å². The molecule has 84 valence electrons. The normalized spacial score (nSPS) is 14.7. The molecule has 1 aromatic carbocycles. The number of rotatable bonds is 5. The molecule has 0 aliphatic carbocycles. The summed E-state index contributed by atoms with van der Waals surface area (Å²) < 4.78 is 5.25. The van der Waals surface area contributed by atoms with E-state index in [1.807, 2.05) is 31.3 Å². The Morgan fingerprint density at radius 1 is 1.47 bits per heavy atom. The maximum Gasteiger partial charge on any atom is 0.123 e. The third kappa shape index (κ3) is 2.68. The highest BCUT2D eigenvalue weighted by Crippen LogP contribution is 2.25. The summed E-state index contributed by atoms with van der Waals surface area (Å²) in [7, 11) is 3.43. The van der Waals surface area contributed by atoms with Gasteiger partial charge in [-0.3, -0.25) is 0 Å². The van der Waals surface area contributed by atoms with Gasteiger partial charge in [0.2, 0.25) is 0 Å². The Labute approximate surface area is 90.1 Å². The smallest absolute Gasteiger partial charge is 0.123 e. The molecule has 0 heterocycles. The fraction of sp³-hybridized carbons (Fsp3) is 0.455. The molecule has 4 nitrogen and oxygen atoms in total. The predicted molar refractivity (Wildman–Crippen MR) is 59.9 cm³/mol. The van der Waals surface area contributed by atoms with Gasteiger partial charge in [0.1, 0.15) is 5.75 Å². The van der Waals surface area contributed by atoms with Crippen LogP contribution in [0.1, 0.15) is 11.6 Å². The Bertz CT molecular complexity index is 304. The molecule has 0 aliphatic rings. The zero-order valence-electron chi connectivity index (χ0n) is 9.10. The first-order valence-electron chi connectivity index (χ1n) is 4.91. The Morgan fingerprint density at radius 2 is 2.13 bits per heavy atom. The van der Waals surface area contributed by atoms with Crippen LogP contribution in [0.4, 0.5) is 0 Å². The van der Waals surface area contributed by atoms with Crippen LogP contribution in [-0.4, -0.2) is 31.9 Å². The van der Waals surface area contributed by atoms with Crippen molar-refractivity contribution >= 4 is 0 Å². The van der Waals surface area contributed by atoms with Crippen molar-refractivity contribution < 1.29 is 9.84 Å². The van der Waals surface area contributed by atoms with E-state index in [2.05, 4.69) is 5.32 Å². The molecule has 15 heavy (non-hydrogen) atoms. The Hall–Kier alpha value is -1.10. The lowest BCUT2D eigenvalue weighted by Gasteiger charge is -2.23. The number of hydrogen-bond acceptors (Lipinski definition) is 4. The summed E-state index contributed by atoms with van der Waals surface area (Å²) in [6.45, 7) is -0.0659. The molecule has 2 atom stereocenters. The van der Waals surface area contributed by atoms with Crippen molar-refractivity contribution in [2.45, 2.75) is 12.1 Å². The Morgan fingerprint density at radius 3 is 2.67 bits per heavy atom. The van der Waals surface area contributed by atoms with Gasteiger partial charge >= 0.3 is 0 Å². The van der Waals surface area contributed by atoms with E-state index in [9.17, 15) is 0 Å². The van der Waals surface area contributed by atoms with Crippen LogP contribution in [-0.2, 0) is 0 Å². The highest BCUT2D eigenvalue weighted by molar-refractivity contribution is 5.36. The van der Waals surface area contributed by atoms with Crippen molar-refractivity contribution in [3.63, 3.8) is 0 Å². The first kappa shape index (κ1) is 12.0. The van der Waals surface area contributed by atoms with E-state index in [-0.39, 0.29) is 18.7 Å². The van der Waals surface area contributed by atoms with Crippen molar-refractivity contribution in [2.24, 2.45) is 5.73 Å². The van der Waals surface area contributed by atoms with E-state index in [1.165, 1.54) is 0 Å². The van der Waals surface area contributed by atoms with Crippen LogP contribution in [0.3, 0.4) is 0 Å². The molecule has 1 aromatic rings. The number of para-hydroxylation sites is 1. The van der Waals surface area contributed by atoms with E-state index in [1.54, 1.807) is 7.11 Å². The lowest BCUT2D eigenvalue weighted by molar-refractivity contribution is 0.238. The van der Waals surface area contributed by atoms with Crippen LogP contribution in [0, 0.1) is 0 Å². The van der Waals surface area contributed by atoms with Gasteiger partial charge in [0.15, 0.2) is 0 Å². The fourth-order valence-electron chi connectivity index (χ4n) is 1.63. The van der Waals surface area contributed by atoms with Gasteiger partial charge in [0, 0.05) is 11.6 Å². The van der Waals surface area contributed by atoms with Crippen LogP contribution in [0.2, 0.25) is 0 Å². The highest BCUT2D eigenvalue weighted by atomic mass is 16.5. The average molecular weight is 210 g/mol. The quantitative estimate of drug-likeness (QED) is 0.653. The molecule has 0 aromatic heterocycles. The van der Waals surface area contributed by atoms with Gasteiger partial charge in [-0.05, 0) is 13.1 Å². The van der Waals surface area contributed by atoms with Crippen LogP contribution in [0.5, 0.6) is 5.75 Å². The first-order chi connectivity index (χ1) is 7.24. The van der Waals surface area contributed by atoms with Gasteiger partial charge in [-0.25, -0.2) is 0 Å². The monoisotopic (exact) mass is 210 g/mol. The maximum atomic E-state index is 9.06. The van der Waals surface area contributed by atoms with Crippen LogP contribution in [0.15, 0.2) is 24.3 Å². The van der Waals surface area contributed by atoms with E-state index >= 15 is 0 Å². The standard InChI is InChI=1S/C11H18N2O2/c1-13-11(9(12)7-14)8-5-3-4-6-10(8)15-2/h3-6,9,11,13-14H,7,12H2,1-2H3. The molecule has 4 heteroatoms. The lowest BCUT2D eigenvalue weighted by atomic mass is 9.99. The topological polar surface area (TPSA) is 67.5 Å². The number of benzene rings is 1. The molecule has 2 unspecified atom stereocenters. The number of nitrogens with one attached hydrogen (secondary N) is 1. The minimum atomic E-state index is -0.341. The van der Waals surface area contributed by atoms with Crippen molar-refractivity contribution in [3.8, 4) is 5.75 Å². The lowest BCUT2D eigenvalue weighted by Crippen LogP contribution is -2.39. The van der Waals surface area contributed by atoms with Gasteiger partial charge in [-0.2, -0.15) is 0 Å². The van der Waals surface area contributed by atoms with Crippen molar-refractivity contribution in [1.29, 1.82) is 0 Å². The van der Waals surface area contributed by atoms with Gasteiger partial charge in [0.05, 0.1) is 19.8 Å². The van der Waals surface area contributed by atoms with E-state index < -0.39 is 0 Å². The summed E-state index contributed by atoms with van der Waals surface area (Å²) in [6.07, 6.45) is 0. The van der Waals surface area contributed by atoms with Crippen molar-refractivity contribution in [3.05, 3.63) is 29.8 Å². The zero-order chi connectivity index (χ0) is 11.3. The summed E-state index contributed by atoms with van der Waals surface area (Å²) in [4.78, 5) is 0. The van der Waals surface area contributed by atoms with Crippen molar-refractivity contribution in [1.82, 2.24) is 5.32 Å². The number of likely N-dealkylation sites (N-methyl/N-ethyl adjacent to an activating group) is 1. The largest absolute Gasteiger partial charge is 0.496 e. The number of nitrogens with two attached hydrogens (primary N) is 1. The summed E-state index contributed by atoms with van der Waals surface area (Å²) in [5.41, 5.74) is 6.78. The van der Waals surface area contributed by atoms with Crippen LogP contribution < -0.4 is 15.8 Å². The Balaban J connectivity index is 3.00. The van der Waals surface area contributed by atoms with Crippen LogP contribution in [0.25, 0.3) is 0 Å². The second kappa shape index (κ2) is 5.70. The zero-order valence-corrected chi connectivity index (χ0v) is 9.10. The SMILES string of the molecule is CNC(c1ccccc1OC)C(N)CO. The molecule has 0 saturated heterocycles. The summed E-state index contributed by atoms with van der Waals surface area (Å²) in [5, 5.41) is 12.1. The molecule has 4 N–H and O–H groups in total. The molecule has 0 spiro atoms. The van der Waals surface area contributed by atoms with Gasteiger partial charge in [-0.1, -0.05) is 18.2 Å². The van der Waals surface area contributed by atoms with E-state index in [0.29, 0.717) is 0 Å². The second-order valence-corrected chi connectivity index (χ2v) is 3.35. The van der Waals surface area contributed by atoms with Crippen LogP contribution >= 0.6 is 0 Å². The second-order valence-electron chi connectivity index (χ2n) is 3.35. The molecule has 0 aliphatic heterocycles. The molecular formula is C11H18N2O2. The number of aliphatic hydroxyl groups is 1. The third-order valence-electron chi connectivity index (χ3n) is 2.42. The third-order valence-corrected chi connectivity index (χ3v) is 2.42. The average Bonchev–Trinajstić information content (AvgIpc) is 2.30. The number of ether oxygens (including phenoxy) is 1. The minimum absolute atomic E-state index is 0.0659. The number of aliphatic hydroxyl groups excluding tert-OH is 1. The maximum absolute atomic E-state index is 9.06. The first-order valence-corrected chi connectivity index (χ1v) is 4.91. The number of hydrogen-bond donors (Lipinski definition) is 3. The van der Waals surface area contributed by atoms with E-state index in [4.69, 9.17) is 15.6 Å². The number of methoxy groups -OCH3 is 1. The molecule has 0 fully saturated rings. The highest BCUT2D eigenvalue weighted by Gasteiger charge is 2.20. The molecule has 0 saturated carbocycles. The van der Waals surface area contributed by atoms with Gasteiger partial charge < -0.3 is 20.9 Å². The molecule has 0 radical (unpaired) electrons. The molecule has 0 amide bonds. The van der Waals surface area contributed by atoms with Crippen molar-refractivity contribution in [2.75, 3.05) is 20.8 Å². The van der Waals surface area contributed by atoms with E-state index in [0.717, 1.165) is 11.3 Å². The molecule has 1 rings (SSSR count). The predicted octanol–water partition coefficient (Wildman–Crippen LogP) is 0.275. The summed E-state index contributed by atoms with van der Waals surface area (Å²) in [5.74, 6) is 0.778.